The Morgan fingerprint density at radius 2 is 1.89 bits per heavy atom. The van der Waals surface area contributed by atoms with Gasteiger partial charge in [0.15, 0.2) is 0 Å². The van der Waals surface area contributed by atoms with Crippen LogP contribution in [0.4, 0.5) is 8.78 Å². The Hall–Kier alpha value is -1.67. The lowest BCUT2D eigenvalue weighted by Gasteiger charge is -2.28. The SMILES string of the molecule is N#CC1(C(O)c2ccccc2OC(F)F)CCCC1. The average molecular weight is 267 g/mol. The molecule has 1 aliphatic carbocycles. The molecule has 2 rings (SSSR count). The van der Waals surface area contributed by atoms with E-state index in [1.807, 2.05) is 0 Å². The van der Waals surface area contributed by atoms with Crippen LogP contribution in [0.2, 0.25) is 0 Å². The first kappa shape index (κ1) is 13.8. The van der Waals surface area contributed by atoms with Crippen LogP contribution in [0.15, 0.2) is 24.3 Å². The van der Waals surface area contributed by atoms with Crippen molar-refractivity contribution in [2.75, 3.05) is 0 Å². The van der Waals surface area contributed by atoms with Crippen LogP contribution in [0, 0.1) is 16.7 Å². The lowest BCUT2D eigenvalue weighted by molar-refractivity contribution is -0.0529. The monoisotopic (exact) mass is 267 g/mol. The van der Waals surface area contributed by atoms with E-state index in [9.17, 15) is 19.1 Å². The van der Waals surface area contributed by atoms with Gasteiger partial charge in [0.2, 0.25) is 0 Å². The zero-order chi connectivity index (χ0) is 13.9. The van der Waals surface area contributed by atoms with Crippen molar-refractivity contribution in [1.29, 1.82) is 5.26 Å². The maximum absolute atomic E-state index is 12.3. The van der Waals surface area contributed by atoms with Crippen LogP contribution in [0.3, 0.4) is 0 Å². The molecule has 1 saturated carbocycles. The molecule has 1 aromatic carbocycles. The number of halogens is 2. The molecule has 1 N–H and O–H groups in total. The third-order valence-electron chi connectivity index (χ3n) is 3.67. The Morgan fingerprint density at radius 1 is 1.26 bits per heavy atom. The van der Waals surface area contributed by atoms with E-state index in [1.165, 1.54) is 12.1 Å². The summed E-state index contributed by atoms with van der Waals surface area (Å²) in [7, 11) is 0. The first-order valence-electron chi connectivity index (χ1n) is 6.22. The number of benzene rings is 1. The second kappa shape index (κ2) is 5.54. The van der Waals surface area contributed by atoms with Gasteiger partial charge >= 0.3 is 6.61 Å². The van der Waals surface area contributed by atoms with E-state index in [-0.39, 0.29) is 11.3 Å². The van der Waals surface area contributed by atoms with Crippen LogP contribution in [-0.4, -0.2) is 11.7 Å². The molecule has 1 fully saturated rings. The fourth-order valence-electron chi connectivity index (χ4n) is 2.66. The van der Waals surface area contributed by atoms with E-state index in [2.05, 4.69) is 10.8 Å². The molecule has 0 radical (unpaired) electrons. The van der Waals surface area contributed by atoms with Gasteiger partial charge in [-0.05, 0) is 18.9 Å². The molecular weight excluding hydrogens is 252 g/mol. The largest absolute Gasteiger partial charge is 0.434 e. The van der Waals surface area contributed by atoms with Gasteiger partial charge in [-0.25, -0.2) is 0 Å². The Bertz CT molecular complexity index is 479. The molecule has 0 heterocycles. The highest BCUT2D eigenvalue weighted by molar-refractivity contribution is 5.37. The van der Waals surface area contributed by atoms with Gasteiger partial charge in [-0.15, -0.1) is 0 Å². The number of aliphatic hydroxyl groups excluding tert-OH is 1. The quantitative estimate of drug-likeness (QED) is 0.909. The molecule has 0 aromatic heterocycles. The number of aliphatic hydroxyl groups is 1. The highest BCUT2D eigenvalue weighted by Crippen LogP contribution is 2.48. The number of hydrogen-bond donors (Lipinski definition) is 1. The van der Waals surface area contributed by atoms with Crippen molar-refractivity contribution in [2.24, 2.45) is 5.41 Å². The summed E-state index contributed by atoms with van der Waals surface area (Å²) in [6.07, 6.45) is 1.78. The zero-order valence-electron chi connectivity index (χ0n) is 10.4. The molecule has 0 amide bonds. The van der Waals surface area contributed by atoms with Gasteiger partial charge in [-0.2, -0.15) is 14.0 Å². The fourth-order valence-corrected chi connectivity index (χ4v) is 2.66. The molecule has 0 spiro atoms. The Labute approximate surface area is 110 Å². The van der Waals surface area contributed by atoms with Gasteiger partial charge in [0.05, 0.1) is 11.5 Å². The summed E-state index contributed by atoms with van der Waals surface area (Å²) in [5, 5.41) is 19.7. The highest BCUT2D eigenvalue weighted by atomic mass is 19.3. The standard InChI is InChI=1S/C14H15F2NO2/c15-13(16)19-11-6-2-1-5-10(11)12(18)14(9-17)7-3-4-8-14/h1-2,5-6,12-13,18H,3-4,7-8H2. The molecule has 1 unspecified atom stereocenters. The molecular formula is C14H15F2NO2. The summed E-state index contributed by atoms with van der Waals surface area (Å²) in [6, 6.07) is 8.26. The molecule has 1 atom stereocenters. The predicted octanol–water partition coefficient (Wildman–Crippen LogP) is 3.41. The molecule has 102 valence electrons. The van der Waals surface area contributed by atoms with Crippen LogP contribution >= 0.6 is 0 Å². The summed E-state index contributed by atoms with van der Waals surface area (Å²) < 4.78 is 29.1. The molecule has 0 bridgehead atoms. The maximum atomic E-state index is 12.3. The first-order chi connectivity index (χ1) is 9.09. The number of ether oxygens (including phenoxy) is 1. The van der Waals surface area contributed by atoms with E-state index in [0.29, 0.717) is 12.8 Å². The summed E-state index contributed by atoms with van der Waals surface area (Å²) in [5.74, 6) is -0.0634. The van der Waals surface area contributed by atoms with Crippen LogP contribution < -0.4 is 4.74 Å². The summed E-state index contributed by atoms with van der Waals surface area (Å²) in [4.78, 5) is 0. The maximum Gasteiger partial charge on any atom is 0.387 e. The third kappa shape index (κ3) is 2.69. The molecule has 19 heavy (non-hydrogen) atoms. The molecule has 1 aliphatic rings. The zero-order valence-corrected chi connectivity index (χ0v) is 10.4. The smallest absolute Gasteiger partial charge is 0.387 e. The molecule has 5 heteroatoms. The molecule has 0 aliphatic heterocycles. The highest BCUT2D eigenvalue weighted by Gasteiger charge is 2.42. The minimum Gasteiger partial charge on any atom is -0.434 e. The van der Waals surface area contributed by atoms with Crippen molar-refractivity contribution < 1.29 is 18.6 Å². The Balaban J connectivity index is 2.33. The van der Waals surface area contributed by atoms with Gasteiger partial charge in [0, 0.05) is 5.56 Å². The molecule has 1 aromatic rings. The van der Waals surface area contributed by atoms with Crippen LogP contribution in [0.5, 0.6) is 5.75 Å². The van der Waals surface area contributed by atoms with E-state index in [0.717, 1.165) is 12.8 Å². The number of para-hydroxylation sites is 1. The van der Waals surface area contributed by atoms with E-state index < -0.39 is 18.1 Å². The lowest BCUT2D eigenvalue weighted by Crippen LogP contribution is -2.24. The normalized spacial score (nSPS) is 19.1. The molecule has 0 saturated heterocycles. The van der Waals surface area contributed by atoms with Crippen molar-refractivity contribution in [3.63, 3.8) is 0 Å². The van der Waals surface area contributed by atoms with E-state index >= 15 is 0 Å². The van der Waals surface area contributed by atoms with Crippen LogP contribution in [0.1, 0.15) is 37.4 Å². The number of hydrogen-bond acceptors (Lipinski definition) is 3. The molecule has 3 nitrogen and oxygen atoms in total. The van der Waals surface area contributed by atoms with Crippen molar-refractivity contribution >= 4 is 0 Å². The van der Waals surface area contributed by atoms with Crippen molar-refractivity contribution in [1.82, 2.24) is 0 Å². The lowest BCUT2D eigenvalue weighted by atomic mass is 9.78. The number of alkyl halides is 2. The third-order valence-corrected chi connectivity index (χ3v) is 3.67. The van der Waals surface area contributed by atoms with Crippen LogP contribution in [0.25, 0.3) is 0 Å². The number of nitriles is 1. The number of rotatable bonds is 4. The minimum absolute atomic E-state index is 0.0634. The summed E-state index contributed by atoms with van der Waals surface area (Å²) in [5.41, 5.74) is -0.632. The van der Waals surface area contributed by atoms with Crippen LogP contribution in [-0.2, 0) is 0 Å². The average Bonchev–Trinajstić information content (AvgIpc) is 2.88. The fraction of sp³-hybridized carbons (Fsp3) is 0.500. The second-order valence-corrected chi connectivity index (χ2v) is 4.79. The van der Waals surface area contributed by atoms with Gasteiger partial charge < -0.3 is 9.84 Å². The Kier molecular flexibility index (Phi) is 4.01. The van der Waals surface area contributed by atoms with Gasteiger partial charge in [-0.1, -0.05) is 31.0 Å². The van der Waals surface area contributed by atoms with Crippen molar-refractivity contribution in [3.8, 4) is 11.8 Å². The van der Waals surface area contributed by atoms with E-state index in [4.69, 9.17) is 0 Å². The minimum atomic E-state index is -2.95. The second-order valence-electron chi connectivity index (χ2n) is 4.79. The van der Waals surface area contributed by atoms with Gasteiger partial charge in [-0.3, -0.25) is 0 Å². The summed E-state index contributed by atoms with van der Waals surface area (Å²) >= 11 is 0. The predicted molar refractivity (Wildman–Crippen MR) is 64.5 cm³/mol. The van der Waals surface area contributed by atoms with Gasteiger partial charge in [0.25, 0.3) is 0 Å². The summed E-state index contributed by atoms with van der Waals surface area (Å²) in [6.45, 7) is -2.95. The van der Waals surface area contributed by atoms with Crippen molar-refractivity contribution in [3.05, 3.63) is 29.8 Å². The Morgan fingerprint density at radius 3 is 2.47 bits per heavy atom. The topological polar surface area (TPSA) is 53.2 Å². The number of nitrogens with zero attached hydrogens (tertiary/aromatic N) is 1. The first-order valence-corrected chi connectivity index (χ1v) is 6.22. The van der Waals surface area contributed by atoms with Gasteiger partial charge in [0.1, 0.15) is 11.9 Å². The van der Waals surface area contributed by atoms with Crippen molar-refractivity contribution in [2.45, 2.75) is 38.4 Å². The van der Waals surface area contributed by atoms with E-state index in [1.54, 1.807) is 12.1 Å².